The molecule has 0 amide bonds. The van der Waals surface area contributed by atoms with Crippen LogP contribution >= 0.6 is 15.9 Å². The second-order valence-electron chi connectivity index (χ2n) is 3.75. The van der Waals surface area contributed by atoms with Crippen LogP contribution in [0.2, 0.25) is 0 Å². The van der Waals surface area contributed by atoms with Crippen LogP contribution in [0.25, 0.3) is 0 Å². The van der Waals surface area contributed by atoms with Crippen molar-refractivity contribution in [2.75, 3.05) is 13.1 Å². The number of carbonyl (C=O) groups is 1. The van der Waals surface area contributed by atoms with E-state index >= 15 is 0 Å². The molecule has 3 nitrogen and oxygen atoms in total. The zero-order valence-electron chi connectivity index (χ0n) is 9.62. The molecule has 1 N–H and O–H groups in total. The van der Waals surface area contributed by atoms with Crippen LogP contribution in [0.15, 0.2) is 22.7 Å². The first kappa shape index (κ1) is 14.1. The third-order valence-electron chi connectivity index (χ3n) is 2.50. The molecule has 0 saturated carbocycles. The summed E-state index contributed by atoms with van der Waals surface area (Å²) < 4.78 is 13.6. The summed E-state index contributed by atoms with van der Waals surface area (Å²) in [7, 11) is 0. The number of carboxylic acid groups (broad SMARTS) is 1. The molecular formula is C12H15BrFNO2. The fourth-order valence-electron chi connectivity index (χ4n) is 1.49. The molecule has 1 aromatic rings. The predicted octanol–water partition coefficient (Wildman–Crippen LogP) is 2.88. The molecule has 0 aliphatic heterocycles. The molecule has 0 radical (unpaired) electrons. The molecule has 0 aromatic heterocycles. The van der Waals surface area contributed by atoms with Crippen LogP contribution in [0, 0.1) is 5.82 Å². The van der Waals surface area contributed by atoms with Crippen molar-refractivity contribution in [1.82, 2.24) is 4.90 Å². The van der Waals surface area contributed by atoms with Crippen LogP contribution < -0.4 is 0 Å². The van der Waals surface area contributed by atoms with Crippen molar-refractivity contribution in [3.05, 3.63) is 34.1 Å². The zero-order valence-corrected chi connectivity index (χ0v) is 11.2. The fourth-order valence-corrected chi connectivity index (χ4v) is 1.97. The Labute approximate surface area is 108 Å². The van der Waals surface area contributed by atoms with Crippen LogP contribution in [0.3, 0.4) is 0 Å². The molecule has 5 heteroatoms. The van der Waals surface area contributed by atoms with Crippen molar-refractivity contribution in [3.8, 4) is 0 Å². The first-order valence-electron chi connectivity index (χ1n) is 5.41. The van der Waals surface area contributed by atoms with Gasteiger partial charge in [-0.2, -0.15) is 0 Å². The van der Waals surface area contributed by atoms with Crippen molar-refractivity contribution < 1.29 is 14.3 Å². The molecule has 0 aliphatic carbocycles. The largest absolute Gasteiger partial charge is 0.481 e. The van der Waals surface area contributed by atoms with Gasteiger partial charge in [-0.05, 0) is 24.2 Å². The third kappa shape index (κ3) is 4.83. The normalized spacial score (nSPS) is 10.8. The van der Waals surface area contributed by atoms with Gasteiger partial charge >= 0.3 is 5.97 Å². The molecule has 0 saturated heterocycles. The number of benzene rings is 1. The number of hydrogen-bond donors (Lipinski definition) is 1. The Balaban J connectivity index is 2.63. The smallest absolute Gasteiger partial charge is 0.304 e. The second kappa shape index (κ2) is 6.71. The van der Waals surface area contributed by atoms with E-state index in [9.17, 15) is 9.18 Å². The topological polar surface area (TPSA) is 40.5 Å². The summed E-state index contributed by atoms with van der Waals surface area (Å²) in [5, 5.41) is 8.63. The summed E-state index contributed by atoms with van der Waals surface area (Å²) >= 11 is 3.30. The van der Waals surface area contributed by atoms with E-state index < -0.39 is 5.97 Å². The summed E-state index contributed by atoms with van der Waals surface area (Å²) in [6.07, 6.45) is 0.118. The van der Waals surface area contributed by atoms with Crippen molar-refractivity contribution >= 4 is 21.9 Å². The quantitative estimate of drug-likeness (QED) is 0.878. The minimum absolute atomic E-state index is 0.118. The maximum absolute atomic E-state index is 12.9. The molecule has 94 valence electrons. The van der Waals surface area contributed by atoms with Crippen LogP contribution in [0.5, 0.6) is 0 Å². The number of halogens is 2. The van der Waals surface area contributed by atoms with Gasteiger partial charge in [-0.15, -0.1) is 0 Å². The van der Waals surface area contributed by atoms with Gasteiger partial charge in [0.25, 0.3) is 0 Å². The number of aliphatic carboxylic acids is 1. The van der Waals surface area contributed by atoms with Crippen LogP contribution in [-0.4, -0.2) is 29.1 Å². The van der Waals surface area contributed by atoms with Gasteiger partial charge in [0, 0.05) is 17.6 Å². The fraction of sp³-hybridized carbons (Fsp3) is 0.417. The lowest BCUT2D eigenvalue weighted by Gasteiger charge is -2.20. The van der Waals surface area contributed by atoms with E-state index in [-0.39, 0.29) is 12.2 Å². The highest BCUT2D eigenvalue weighted by molar-refractivity contribution is 9.10. The maximum atomic E-state index is 12.9. The Bertz CT molecular complexity index is 398. The highest BCUT2D eigenvalue weighted by atomic mass is 79.9. The highest BCUT2D eigenvalue weighted by Crippen LogP contribution is 2.19. The van der Waals surface area contributed by atoms with Gasteiger partial charge in [-0.25, -0.2) is 4.39 Å². The third-order valence-corrected chi connectivity index (χ3v) is 3.24. The molecule has 0 heterocycles. The molecule has 1 rings (SSSR count). The number of hydrogen-bond acceptors (Lipinski definition) is 2. The average Bonchev–Trinajstić information content (AvgIpc) is 2.26. The average molecular weight is 304 g/mol. The van der Waals surface area contributed by atoms with E-state index in [4.69, 9.17) is 5.11 Å². The van der Waals surface area contributed by atoms with Crippen LogP contribution in [-0.2, 0) is 11.3 Å². The van der Waals surface area contributed by atoms with Gasteiger partial charge in [0.2, 0.25) is 0 Å². The van der Waals surface area contributed by atoms with E-state index in [1.165, 1.54) is 12.1 Å². The number of carboxylic acids is 1. The SMILES string of the molecule is CCN(CCC(=O)O)Cc1ccc(F)cc1Br. The molecule has 0 unspecified atom stereocenters. The molecule has 0 bridgehead atoms. The van der Waals surface area contributed by atoms with Crippen molar-refractivity contribution in [2.24, 2.45) is 0 Å². The van der Waals surface area contributed by atoms with E-state index in [1.54, 1.807) is 6.07 Å². The minimum atomic E-state index is -0.804. The predicted molar refractivity (Wildman–Crippen MR) is 67.3 cm³/mol. The van der Waals surface area contributed by atoms with E-state index in [0.29, 0.717) is 17.6 Å². The lowest BCUT2D eigenvalue weighted by Crippen LogP contribution is -2.25. The van der Waals surface area contributed by atoms with Gasteiger partial charge < -0.3 is 5.11 Å². The molecule has 17 heavy (non-hydrogen) atoms. The summed E-state index contributed by atoms with van der Waals surface area (Å²) in [6, 6.07) is 4.54. The first-order chi connectivity index (χ1) is 8.02. The summed E-state index contributed by atoms with van der Waals surface area (Å²) in [6.45, 7) is 3.84. The molecule has 0 spiro atoms. The van der Waals surface area contributed by atoms with Gasteiger partial charge in [0.05, 0.1) is 6.42 Å². The Morgan fingerprint density at radius 1 is 1.53 bits per heavy atom. The van der Waals surface area contributed by atoms with Gasteiger partial charge in [-0.1, -0.05) is 28.9 Å². The van der Waals surface area contributed by atoms with Crippen molar-refractivity contribution in [2.45, 2.75) is 19.9 Å². The molecule has 0 atom stereocenters. The van der Waals surface area contributed by atoms with Crippen molar-refractivity contribution in [1.29, 1.82) is 0 Å². The summed E-state index contributed by atoms with van der Waals surface area (Å²) in [4.78, 5) is 12.5. The van der Waals surface area contributed by atoms with Gasteiger partial charge in [-0.3, -0.25) is 9.69 Å². The van der Waals surface area contributed by atoms with Crippen LogP contribution in [0.4, 0.5) is 4.39 Å². The molecule has 1 aromatic carbocycles. The monoisotopic (exact) mass is 303 g/mol. The first-order valence-corrected chi connectivity index (χ1v) is 6.20. The lowest BCUT2D eigenvalue weighted by atomic mass is 10.2. The highest BCUT2D eigenvalue weighted by Gasteiger charge is 2.09. The van der Waals surface area contributed by atoms with E-state index in [0.717, 1.165) is 12.1 Å². The Morgan fingerprint density at radius 2 is 2.24 bits per heavy atom. The van der Waals surface area contributed by atoms with E-state index in [2.05, 4.69) is 15.9 Å². The maximum Gasteiger partial charge on any atom is 0.304 e. The lowest BCUT2D eigenvalue weighted by molar-refractivity contribution is -0.137. The van der Waals surface area contributed by atoms with E-state index in [1.807, 2.05) is 11.8 Å². The molecular weight excluding hydrogens is 289 g/mol. The van der Waals surface area contributed by atoms with Gasteiger partial charge in [0.1, 0.15) is 5.82 Å². The van der Waals surface area contributed by atoms with Crippen molar-refractivity contribution in [3.63, 3.8) is 0 Å². The standard InChI is InChI=1S/C12H15BrFNO2/c1-2-15(6-5-12(16)17)8-9-3-4-10(14)7-11(9)13/h3-4,7H,2,5-6,8H2,1H3,(H,16,17). The van der Waals surface area contributed by atoms with Gasteiger partial charge in [0.15, 0.2) is 0 Å². The Kier molecular flexibility index (Phi) is 5.58. The minimum Gasteiger partial charge on any atom is -0.481 e. The number of rotatable bonds is 6. The second-order valence-corrected chi connectivity index (χ2v) is 4.60. The Morgan fingerprint density at radius 3 is 2.76 bits per heavy atom. The van der Waals surface area contributed by atoms with Crippen LogP contribution in [0.1, 0.15) is 18.9 Å². The zero-order chi connectivity index (χ0) is 12.8. The summed E-state index contributed by atoms with van der Waals surface area (Å²) in [5.74, 6) is -1.09. The number of nitrogens with zero attached hydrogens (tertiary/aromatic N) is 1. The Hall–Kier alpha value is -0.940. The molecule has 0 aliphatic rings. The molecule has 0 fully saturated rings. The summed E-state index contributed by atoms with van der Waals surface area (Å²) in [5.41, 5.74) is 0.957.